The summed E-state index contributed by atoms with van der Waals surface area (Å²) in [6.45, 7) is 0. The van der Waals surface area contributed by atoms with E-state index in [0.29, 0.717) is 0 Å². The lowest BCUT2D eigenvalue weighted by molar-refractivity contribution is -0.136. The Morgan fingerprint density at radius 1 is 1.33 bits per heavy atom. The van der Waals surface area contributed by atoms with Crippen LogP contribution in [0.15, 0.2) is 24.3 Å². The van der Waals surface area contributed by atoms with Gasteiger partial charge in [-0.05, 0) is 6.07 Å². The Morgan fingerprint density at radius 2 is 1.87 bits per heavy atom. The van der Waals surface area contributed by atoms with E-state index in [1.54, 1.807) is 12.1 Å². The Morgan fingerprint density at radius 3 is 2.33 bits per heavy atom. The van der Waals surface area contributed by atoms with Gasteiger partial charge in [-0.25, -0.2) is 0 Å². The van der Waals surface area contributed by atoms with Crippen molar-refractivity contribution in [3.63, 3.8) is 0 Å². The van der Waals surface area contributed by atoms with Gasteiger partial charge in [0, 0.05) is 5.56 Å². The topological polar surface area (TPSA) is 57.5 Å². The molecule has 1 aromatic carbocycles. The molecule has 0 fully saturated rings. The van der Waals surface area contributed by atoms with Crippen molar-refractivity contribution in [2.45, 2.75) is 9.71 Å². The van der Waals surface area contributed by atoms with Gasteiger partial charge in [0.2, 0.25) is 0 Å². The number of carbonyl (C=O) groups is 1. The summed E-state index contributed by atoms with van der Waals surface area (Å²) in [4.78, 5) is 10.6. The van der Waals surface area contributed by atoms with Gasteiger partial charge >= 0.3 is 5.97 Å². The van der Waals surface area contributed by atoms with E-state index in [1.807, 2.05) is 0 Å². The van der Waals surface area contributed by atoms with Gasteiger partial charge in [0.15, 0.2) is 9.71 Å². The third kappa shape index (κ3) is 2.48. The second-order valence-electron chi connectivity index (χ2n) is 2.84. The SMILES string of the molecule is O=C(O)C(Cl)C(Cl)(Cl)c1ccccc1O. The molecule has 0 radical (unpaired) electrons. The first-order chi connectivity index (χ1) is 6.87. The molecule has 0 aliphatic rings. The number of halogens is 3. The third-order valence-corrected chi connectivity index (χ3v) is 3.38. The number of hydrogen-bond acceptors (Lipinski definition) is 2. The number of carboxylic acid groups (broad SMARTS) is 1. The van der Waals surface area contributed by atoms with E-state index in [1.165, 1.54) is 12.1 Å². The number of carboxylic acids is 1. The molecule has 0 aliphatic heterocycles. The molecule has 0 saturated carbocycles. The van der Waals surface area contributed by atoms with E-state index in [0.717, 1.165) is 0 Å². The number of phenolic OH excluding ortho intramolecular Hbond substituents is 1. The van der Waals surface area contributed by atoms with Gasteiger partial charge in [0.25, 0.3) is 0 Å². The molecule has 0 spiro atoms. The first-order valence-electron chi connectivity index (χ1n) is 3.90. The third-order valence-electron chi connectivity index (χ3n) is 1.80. The minimum atomic E-state index is -1.88. The zero-order valence-corrected chi connectivity index (χ0v) is 9.59. The molecule has 82 valence electrons. The number of para-hydroxylation sites is 1. The van der Waals surface area contributed by atoms with Crippen LogP contribution < -0.4 is 0 Å². The summed E-state index contributed by atoms with van der Waals surface area (Å²) in [7, 11) is 0. The van der Waals surface area contributed by atoms with Crippen LogP contribution in [0.3, 0.4) is 0 Å². The maximum Gasteiger partial charge on any atom is 0.325 e. The van der Waals surface area contributed by atoms with Gasteiger partial charge in [-0.2, -0.15) is 0 Å². The Hall–Kier alpha value is -0.640. The van der Waals surface area contributed by atoms with Gasteiger partial charge in [0.1, 0.15) is 5.75 Å². The standard InChI is InChI=1S/C9H7Cl3O3/c10-7(8(14)15)9(11,12)5-3-1-2-4-6(5)13/h1-4,7,13H,(H,14,15). The maximum absolute atomic E-state index is 10.6. The summed E-state index contributed by atoms with van der Waals surface area (Å²) in [6.07, 6.45) is 0. The minimum Gasteiger partial charge on any atom is -0.508 e. The van der Waals surface area contributed by atoms with Crippen LogP contribution >= 0.6 is 34.8 Å². The quantitative estimate of drug-likeness (QED) is 0.830. The molecule has 1 atom stereocenters. The van der Waals surface area contributed by atoms with Gasteiger partial charge in [-0.15, -0.1) is 11.6 Å². The van der Waals surface area contributed by atoms with Gasteiger partial charge in [0.05, 0.1) is 0 Å². The minimum absolute atomic E-state index is 0.0655. The summed E-state index contributed by atoms with van der Waals surface area (Å²) < 4.78 is -1.88. The van der Waals surface area contributed by atoms with Gasteiger partial charge in [-0.1, -0.05) is 41.4 Å². The molecule has 0 aromatic heterocycles. The molecule has 1 unspecified atom stereocenters. The van der Waals surface area contributed by atoms with Crippen molar-refractivity contribution in [3.8, 4) is 5.75 Å². The second kappa shape index (κ2) is 4.47. The van der Waals surface area contributed by atoms with Crippen molar-refractivity contribution in [3.05, 3.63) is 29.8 Å². The summed E-state index contributed by atoms with van der Waals surface area (Å²) in [5.74, 6) is -1.56. The molecule has 6 heteroatoms. The lowest BCUT2D eigenvalue weighted by Crippen LogP contribution is -2.31. The fourth-order valence-corrected chi connectivity index (χ4v) is 1.67. The predicted molar refractivity (Wildman–Crippen MR) is 58.8 cm³/mol. The van der Waals surface area contributed by atoms with Crippen LogP contribution in [0.4, 0.5) is 0 Å². The monoisotopic (exact) mass is 268 g/mol. The Kier molecular flexibility index (Phi) is 3.71. The highest BCUT2D eigenvalue weighted by Gasteiger charge is 2.42. The van der Waals surface area contributed by atoms with E-state index in [4.69, 9.17) is 39.9 Å². The number of phenols is 1. The summed E-state index contributed by atoms with van der Waals surface area (Å²) in [5, 5.41) is 16.6. The van der Waals surface area contributed by atoms with Crippen molar-refractivity contribution in [1.82, 2.24) is 0 Å². The largest absolute Gasteiger partial charge is 0.508 e. The first-order valence-corrected chi connectivity index (χ1v) is 5.09. The van der Waals surface area contributed by atoms with Crippen LogP contribution in [0.2, 0.25) is 0 Å². The van der Waals surface area contributed by atoms with Crippen molar-refractivity contribution >= 4 is 40.8 Å². The van der Waals surface area contributed by atoms with Crippen molar-refractivity contribution in [2.75, 3.05) is 0 Å². The Bertz CT molecular complexity index is 379. The van der Waals surface area contributed by atoms with E-state index in [2.05, 4.69) is 0 Å². The zero-order valence-electron chi connectivity index (χ0n) is 7.32. The molecular formula is C9H7Cl3O3. The highest BCUT2D eigenvalue weighted by molar-refractivity contribution is 6.54. The molecule has 0 aliphatic carbocycles. The molecule has 0 saturated heterocycles. The fraction of sp³-hybridized carbons (Fsp3) is 0.222. The molecule has 2 N–H and O–H groups in total. The fourth-order valence-electron chi connectivity index (χ4n) is 1.05. The van der Waals surface area contributed by atoms with E-state index in [9.17, 15) is 9.90 Å². The average Bonchev–Trinajstić information content (AvgIpc) is 2.16. The van der Waals surface area contributed by atoms with E-state index < -0.39 is 15.7 Å². The predicted octanol–water partition coefficient (Wildman–Crippen LogP) is 2.71. The Labute approximate surface area is 101 Å². The Balaban J connectivity index is 3.16. The maximum atomic E-state index is 10.6. The molecule has 3 nitrogen and oxygen atoms in total. The lowest BCUT2D eigenvalue weighted by Gasteiger charge is -2.23. The number of aliphatic carboxylic acids is 1. The van der Waals surface area contributed by atoms with Gasteiger partial charge < -0.3 is 10.2 Å². The highest BCUT2D eigenvalue weighted by Crippen LogP contribution is 2.43. The average molecular weight is 270 g/mol. The molecular weight excluding hydrogens is 262 g/mol. The van der Waals surface area contributed by atoms with Crippen LogP contribution in [0.1, 0.15) is 5.56 Å². The second-order valence-corrected chi connectivity index (χ2v) is 4.66. The van der Waals surface area contributed by atoms with Crippen LogP contribution in [-0.2, 0) is 9.13 Å². The summed E-state index contributed by atoms with van der Waals surface area (Å²) >= 11 is 17.1. The van der Waals surface area contributed by atoms with Crippen LogP contribution in [0.5, 0.6) is 5.75 Å². The summed E-state index contributed by atoms with van der Waals surface area (Å²) in [6, 6.07) is 5.89. The zero-order chi connectivity index (χ0) is 11.6. The molecule has 0 heterocycles. The number of aromatic hydroxyl groups is 1. The number of benzene rings is 1. The highest BCUT2D eigenvalue weighted by atomic mass is 35.5. The molecule has 0 amide bonds. The van der Waals surface area contributed by atoms with Crippen molar-refractivity contribution < 1.29 is 15.0 Å². The normalized spacial score (nSPS) is 13.5. The van der Waals surface area contributed by atoms with Crippen molar-refractivity contribution in [1.29, 1.82) is 0 Å². The van der Waals surface area contributed by atoms with Crippen molar-refractivity contribution in [2.24, 2.45) is 0 Å². The lowest BCUT2D eigenvalue weighted by atomic mass is 10.1. The van der Waals surface area contributed by atoms with Crippen LogP contribution in [-0.4, -0.2) is 21.6 Å². The molecule has 15 heavy (non-hydrogen) atoms. The van der Waals surface area contributed by atoms with Gasteiger partial charge in [-0.3, -0.25) is 4.79 Å². The number of rotatable bonds is 3. The summed E-state index contributed by atoms with van der Waals surface area (Å²) in [5.41, 5.74) is 0.0655. The van der Waals surface area contributed by atoms with E-state index in [-0.39, 0.29) is 11.3 Å². The van der Waals surface area contributed by atoms with Crippen LogP contribution in [0, 0.1) is 0 Å². The molecule has 1 aromatic rings. The smallest absolute Gasteiger partial charge is 0.325 e. The molecule has 0 bridgehead atoms. The first kappa shape index (κ1) is 12.4. The van der Waals surface area contributed by atoms with Crippen LogP contribution in [0.25, 0.3) is 0 Å². The van der Waals surface area contributed by atoms with E-state index >= 15 is 0 Å². The molecule has 1 rings (SSSR count). The number of hydrogen-bond donors (Lipinski definition) is 2. The number of alkyl halides is 3.